The monoisotopic (exact) mass is 456 g/mol. The highest BCUT2D eigenvalue weighted by Crippen LogP contribution is 2.29. The van der Waals surface area contributed by atoms with Crippen molar-refractivity contribution in [2.45, 2.75) is 39.1 Å². The second-order valence-electron chi connectivity index (χ2n) is 7.13. The molecule has 0 aliphatic heterocycles. The molecule has 0 spiro atoms. The Morgan fingerprint density at radius 3 is 2.38 bits per heavy atom. The van der Waals surface area contributed by atoms with E-state index in [4.69, 9.17) is 14.2 Å². The fourth-order valence-corrected chi connectivity index (χ4v) is 3.94. The fourth-order valence-electron chi connectivity index (χ4n) is 3.12. The quantitative estimate of drug-likeness (QED) is 0.457. The number of hydrogen-bond donors (Lipinski definition) is 1. The first kappa shape index (κ1) is 23.5. The Morgan fingerprint density at radius 1 is 1.00 bits per heavy atom. The minimum Gasteiger partial charge on any atom is -0.495 e. The summed E-state index contributed by atoms with van der Waals surface area (Å²) >= 11 is 1.32. The average molecular weight is 457 g/mol. The third kappa shape index (κ3) is 5.73. The van der Waals surface area contributed by atoms with E-state index in [1.807, 2.05) is 61.7 Å². The molecule has 9 heteroatoms. The van der Waals surface area contributed by atoms with E-state index in [0.717, 1.165) is 11.1 Å². The van der Waals surface area contributed by atoms with Gasteiger partial charge >= 0.3 is 0 Å². The van der Waals surface area contributed by atoms with Crippen molar-refractivity contribution in [3.8, 4) is 17.2 Å². The topological polar surface area (TPSA) is 87.5 Å². The lowest BCUT2D eigenvalue weighted by Crippen LogP contribution is -2.15. The molecule has 3 aromatic rings. The summed E-state index contributed by atoms with van der Waals surface area (Å²) in [7, 11) is 3.19. The number of anilines is 1. The second-order valence-corrected chi connectivity index (χ2v) is 8.07. The van der Waals surface area contributed by atoms with E-state index < -0.39 is 0 Å². The second kappa shape index (κ2) is 10.9. The number of rotatable bonds is 10. The molecule has 2 aromatic carbocycles. The minimum absolute atomic E-state index is 0.147. The number of benzene rings is 2. The Morgan fingerprint density at radius 2 is 1.69 bits per heavy atom. The first-order valence-corrected chi connectivity index (χ1v) is 11.2. The van der Waals surface area contributed by atoms with Gasteiger partial charge in [0.1, 0.15) is 12.4 Å². The predicted molar refractivity (Wildman–Crippen MR) is 125 cm³/mol. The maximum absolute atomic E-state index is 12.5. The number of methoxy groups -OCH3 is 2. The summed E-state index contributed by atoms with van der Waals surface area (Å²) in [5.41, 5.74) is 2.77. The summed E-state index contributed by atoms with van der Waals surface area (Å²) in [6.45, 7) is 6.86. The number of ether oxygens (including phenoxy) is 3. The van der Waals surface area contributed by atoms with Crippen LogP contribution in [0.5, 0.6) is 17.2 Å². The molecule has 1 aromatic heterocycles. The van der Waals surface area contributed by atoms with E-state index in [0.29, 0.717) is 40.5 Å². The van der Waals surface area contributed by atoms with Crippen LogP contribution in [0.4, 0.5) is 5.69 Å². The smallest absolute Gasteiger partial charge is 0.234 e. The van der Waals surface area contributed by atoms with Crippen molar-refractivity contribution in [3.05, 3.63) is 53.3 Å². The number of carbonyl (C=O) groups excluding carboxylic acids is 1. The van der Waals surface area contributed by atoms with Gasteiger partial charge in [-0.05, 0) is 56.2 Å². The Hall–Kier alpha value is -3.20. The van der Waals surface area contributed by atoms with Gasteiger partial charge in [0.25, 0.3) is 0 Å². The summed E-state index contributed by atoms with van der Waals surface area (Å²) in [4.78, 5) is 12.5. The zero-order chi connectivity index (χ0) is 23.1. The highest BCUT2D eigenvalue weighted by atomic mass is 32.2. The third-order valence-corrected chi connectivity index (χ3v) is 5.71. The third-order valence-electron chi connectivity index (χ3n) is 4.75. The molecule has 170 valence electrons. The predicted octanol–water partition coefficient (Wildman–Crippen LogP) is 4.24. The zero-order valence-electron chi connectivity index (χ0n) is 19.0. The largest absolute Gasteiger partial charge is 0.495 e. The Bertz CT molecular complexity index is 1080. The lowest BCUT2D eigenvalue weighted by molar-refractivity contribution is -0.113. The molecule has 3 rings (SSSR count). The standard InChI is InChI=1S/C23H28N4O4S/c1-6-27-21(13-31-19-10-8-16(3)12-20(19)30-5)25-26-23(27)32-14-22(28)24-17-11-15(2)7-9-18(17)29-4/h7-12H,6,13-14H2,1-5H3,(H,24,28). The first-order chi connectivity index (χ1) is 15.4. The van der Waals surface area contributed by atoms with Crippen LogP contribution < -0.4 is 19.5 Å². The number of hydrogen-bond acceptors (Lipinski definition) is 7. The number of carbonyl (C=O) groups is 1. The van der Waals surface area contributed by atoms with Crippen molar-refractivity contribution in [2.75, 3.05) is 25.3 Å². The molecule has 1 amide bonds. The van der Waals surface area contributed by atoms with E-state index >= 15 is 0 Å². The van der Waals surface area contributed by atoms with Gasteiger partial charge < -0.3 is 24.1 Å². The molecule has 1 N–H and O–H groups in total. The highest BCUT2D eigenvalue weighted by Gasteiger charge is 2.15. The number of amides is 1. The average Bonchev–Trinajstić information content (AvgIpc) is 3.18. The van der Waals surface area contributed by atoms with Crippen LogP contribution in [0.2, 0.25) is 0 Å². The fraction of sp³-hybridized carbons (Fsp3) is 0.348. The molecule has 1 heterocycles. The summed E-state index contributed by atoms with van der Waals surface area (Å²) in [6, 6.07) is 11.4. The van der Waals surface area contributed by atoms with Crippen molar-refractivity contribution in [3.63, 3.8) is 0 Å². The van der Waals surface area contributed by atoms with Gasteiger partial charge in [-0.1, -0.05) is 23.9 Å². The van der Waals surface area contributed by atoms with Crippen LogP contribution in [0.25, 0.3) is 0 Å². The van der Waals surface area contributed by atoms with Crippen LogP contribution in [0.3, 0.4) is 0 Å². The first-order valence-electron chi connectivity index (χ1n) is 10.2. The van der Waals surface area contributed by atoms with Gasteiger partial charge in [0, 0.05) is 6.54 Å². The van der Waals surface area contributed by atoms with Crippen LogP contribution in [0, 0.1) is 13.8 Å². The van der Waals surface area contributed by atoms with E-state index in [-0.39, 0.29) is 18.3 Å². The van der Waals surface area contributed by atoms with Gasteiger partial charge in [-0.2, -0.15) is 0 Å². The maximum atomic E-state index is 12.5. The van der Waals surface area contributed by atoms with Gasteiger partial charge in [-0.3, -0.25) is 4.79 Å². The SMILES string of the molecule is CCn1c(COc2ccc(C)cc2OC)nnc1SCC(=O)Nc1cc(C)ccc1OC. The van der Waals surface area contributed by atoms with Crippen molar-refractivity contribution < 1.29 is 19.0 Å². The summed E-state index contributed by atoms with van der Waals surface area (Å²) in [5, 5.41) is 12.1. The molecule has 0 atom stereocenters. The van der Waals surface area contributed by atoms with Gasteiger partial charge in [-0.15, -0.1) is 10.2 Å². The maximum Gasteiger partial charge on any atom is 0.234 e. The molecule has 0 bridgehead atoms. The van der Waals surface area contributed by atoms with Crippen molar-refractivity contribution in [1.29, 1.82) is 0 Å². The Kier molecular flexibility index (Phi) is 7.99. The molecular formula is C23H28N4O4S. The van der Waals surface area contributed by atoms with Crippen LogP contribution >= 0.6 is 11.8 Å². The van der Waals surface area contributed by atoms with Gasteiger partial charge in [-0.25, -0.2) is 0 Å². The van der Waals surface area contributed by atoms with Crippen molar-refractivity contribution in [2.24, 2.45) is 0 Å². The molecule has 0 radical (unpaired) electrons. The molecule has 0 aliphatic rings. The van der Waals surface area contributed by atoms with E-state index in [2.05, 4.69) is 15.5 Å². The molecule has 0 saturated carbocycles. The molecule has 32 heavy (non-hydrogen) atoms. The highest BCUT2D eigenvalue weighted by molar-refractivity contribution is 7.99. The summed E-state index contributed by atoms with van der Waals surface area (Å²) < 4.78 is 18.6. The van der Waals surface area contributed by atoms with Crippen LogP contribution in [0.15, 0.2) is 41.6 Å². The zero-order valence-corrected chi connectivity index (χ0v) is 19.8. The molecular weight excluding hydrogens is 428 g/mol. The molecule has 0 unspecified atom stereocenters. The van der Waals surface area contributed by atoms with E-state index in [1.165, 1.54) is 11.8 Å². The van der Waals surface area contributed by atoms with E-state index in [9.17, 15) is 4.79 Å². The van der Waals surface area contributed by atoms with Crippen molar-refractivity contribution in [1.82, 2.24) is 14.8 Å². The lowest BCUT2D eigenvalue weighted by atomic mass is 10.2. The van der Waals surface area contributed by atoms with Gasteiger partial charge in [0.15, 0.2) is 22.5 Å². The molecule has 8 nitrogen and oxygen atoms in total. The lowest BCUT2D eigenvalue weighted by Gasteiger charge is -2.12. The Labute approximate surface area is 192 Å². The number of aromatic nitrogens is 3. The normalized spacial score (nSPS) is 10.7. The number of thioether (sulfide) groups is 1. The number of aryl methyl sites for hydroxylation is 2. The summed E-state index contributed by atoms with van der Waals surface area (Å²) in [6.07, 6.45) is 0. The summed E-state index contributed by atoms with van der Waals surface area (Å²) in [5.74, 6) is 2.67. The molecule has 0 aliphatic carbocycles. The van der Waals surface area contributed by atoms with Crippen LogP contribution in [-0.4, -0.2) is 40.6 Å². The number of nitrogens with one attached hydrogen (secondary N) is 1. The molecule has 0 saturated heterocycles. The van der Waals surface area contributed by atoms with Crippen molar-refractivity contribution >= 4 is 23.4 Å². The minimum atomic E-state index is -0.147. The van der Waals surface area contributed by atoms with E-state index in [1.54, 1.807) is 14.2 Å². The van der Waals surface area contributed by atoms with Gasteiger partial charge in [0.2, 0.25) is 5.91 Å². The Balaban J connectivity index is 1.63. The molecule has 0 fully saturated rings. The number of nitrogens with zero attached hydrogens (tertiary/aromatic N) is 3. The van der Waals surface area contributed by atoms with Gasteiger partial charge in [0.05, 0.1) is 25.7 Å². The van der Waals surface area contributed by atoms with Crippen LogP contribution in [0.1, 0.15) is 23.9 Å². The van der Waals surface area contributed by atoms with Crippen LogP contribution in [-0.2, 0) is 17.9 Å².